The van der Waals surface area contributed by atoms with E-state index in [-0.39, 0.29) is 12.1 Å². The molecule has 15 heavy (non-hydrogen) atoms. The van der Waals surface area contributed by atoms with Crippen LogP contribution in [0.4, 0.5) is 0 Å². The van der Waals surface area contributed by atoms with Crippen molar-refractivity contribution in [3.63, 3.8) is 0 Å². The standard InChI is InChI=1S/C11H12O3S/c1-7(2)13-11-14-10(12)8-5-3-4-6-9(8)15-11/h3-7,11H,1-2H3. The Bertz CT molecular complexity index is 376. The SMILES string of the molecule is CC(C)OC1OC(=O)c2ccccc2S1. The molecular formula is C11H12O3S. The summed E-state index contributed by atoms with van der Waals surface area (Å²) in [5.74, 6) is -0.310. The van der Waals surface area contributed by atoms with Crippen LogP contribution >= 0.6 is 11.8 Å². The predicted octanol–water partition coefficient (Wildman–Crippen LogP) is 2.66. The van der Waals surface area contributed by atoms with Gasteiger partial charge >= 0.3 is 5.97 Å². The van der Waals surface area contributed by atoms with Crippen LogP contribution in [-0.2, 0) is 9.47 Å². The van der Waals surface area contributed by atoms with Crippen LogP contribution in [0.2, 0.25) is 0 Å². The van der Waals surface area contributed by atoms with Crippen LogP contribution in [0.5, 0.6) is 0 Å². The molecule has 4 heteroatoms. The molecule has 1 aliphatic rings. The topological polar surface area (TPSA) is 35.5 Å². The second-order valence-electron chi connectivity index (χ2n) is 3.49. The van der Waals surface area contributed by atoms with Gasteiger partial charge in [0, 0.05) is 4.90 Å². The molecule has 0 aliphatic carbocycles. The molecule has 0 aromatic heterocycles. The van der Waals surface area contributed by atoms with Crippen molar-refractivity contribution >= 4 is 17.7 Å². The fourth-order valence-electron chi connectivity index (χ4n) is 1.29. The lowest BCUT2D eigenvalue weighted by Crippen LogP contribution is -2.25. The molecule has 3 nitrogen and oxygen atoms in total. The van der Waals surface area contributed by atoms with Crippen molar-refractivity contribution < 1.29 is 14.3 Å². The highest BCUT2D eigenvalue weighted by molar-refractivity contribution is 7.99. The van der Waals surface area contributed by atoms with Gasteiger partial charge in [-0.3, -0.25) is 0 Å². The van der Waals surface area contributed by atoms with E-state index in [0.29, 0.717) is 5.56 Å². The third kappa shape index (κ3) is 2.33. The minimum absolute atomic E-state index is 0.0422. The van der Waals surface area contributed by atoms with Crippen LogP contribution in [0.1, 0.15) is 24.2 Å². The Balaban J connectivity index is 2.19. The molecule has 0 bridgehead atoms. The number of carbonyl (C=O) groups is 1. The Morgan fingerprint density at radius 1 is 1.40 bits per heavy atom. The average molecular weight is 224 g/mol. The Kier molecular flexibility index (Phi) is 2.98. The fourth-order valence-corrected chi connectivity index (χ4v) is 2.35. The molecular weight excluding hydrogens is 212 g/mol. The maximum Gasteiger partial charge on any atom is 0.342 e. The van der Waals surface area contributed by atoms with Crippen molar-refractivity contribution in [2.75, 3.05) is 0 Å². The van der Waals surface area contributed by atoms with E-state index < -0.39 is 5.62 Å². The summed E-state index contributed by atoms with van der Waals surface area (Å²) in [7, 11) is 0. The lowest BCUT2D eigenvalue weighted by atomic mass is 10.2. The molecule has 80 valence electrons. The average Bonchev–Trinajstić information content (AvgIpc) is 2.16. The van der Waals surface area contributed by atoms with E-state index >= 15 is 0 Å². The van der Waals surface area contributed by atoms with Gasteiger partial charge in [-0.25, -0.2) is 4.79 Å². The minimum Gasteiger partial charge on any atom is -0.422 e. The number of carbonyl (C=O) groups excluding carboxylic acids is 1. The molecule has 0 amide bonds. The highest BCUT2D eigenvalue weighted by atomic mass is 32.2. The van der Waals surface area contributed by atoms with Gasteiger partial charge in [0.25, 0.3) is 5.62 Å². The molecule has 0 spiro atoms. The van der Waals surface area contributed by atoms with E-state index in [9.17, 15) is 4.79 Å². The first-order chi connectivity index (χ1) is 7.16. The smallest absolute Gasteiger partial charge is 0.342 e. The van der Waals surface area contributed by atoms with Crippen molar-refractivity contribution in [2.24, 2.45) is 0 Å². The zero-order chi connectivity index (χ0) is 10.8. The number of rotatable bonds is 2. The second kappa shape index (κ2) is 4.24. The molecule has 1 heterocycles. The van der Waals surface area contributed by atoms with Gasteiger partial charge in [0.2, 0.25) is 0 Å². The Morgan fingerprint density at radius 3 is 2.87 bits per heavy atom. The Labute approximate surface area is 92.8 Å². The summed E-state index contributed by atoms with van der Waals surface area (Å²) in [5.41, 5.74) is 0.0958. The number of hydrogen-bond donors (Lipinski definition) is 0. The molecule has 0 radical (unpaired) electrons. The number of benzene rings is 1. The molecule has 0 fully saturated rings. The number of esters is 1. The quantitative estimate of drug-likeness (QED) is 0.723. The molecule has 1 aliphatic heterocycles. The van der Waals surface area contributed by atoms with Gasteiger partial charge in [-0.15, -0.1) is 0 Å². The lowest BCUT2D eigenvalue weighted by Gasteiger charge is -2.24. The van der Waals surface area contributed by atoms with Crippen molar-refractivity contribution in [2.45, 2.75) is 30.5 Å². The van der Waals surface area contributed by atoms with Crippen LogP contribution in [0.15, 0.2) is 29.2 Å². The van der Waals surface area contributed by atoms with E-state index in [1.54, 1.807) is 6.07 Å². The van der Waals surface area contributed by atoms with Crippen LogP contribution < -0.4 is 0 Å². The van der Waals surface area contributed by atoms with Crippen LogP contribution in [0.25, 0.3) is 0 Å². The first-order valence-electron chi connectivity index (χ1n) is 4.79. The van der Waals surface area contributed by atoms with E-state index in [4.69, 9.17) is 9.47 Å². The van der Waals surface area contributed by atoms with Crippen molar-refractivity contribution in [3.8, 4) is 0 Å². The summed E-state index contributed by atoms with van der Waals surface area (Å²) < 4.78 is 10.6. The van der Waals surface area contributed by atoms with Crippen molar-refractivity contribution in [1.29, 1.82) is 0 Å². The number of hydrogen-bond acceptors (Lipinski definition) is 4. The first-order valence-corrected chi connectivity index (χ1v) is 5.67. The van der Waals surface area contributed by atoms with Crippen molar-refractivity contribution in [3.05, 3.63) is 29.8 Å². The maximum atomic E-state index is 11.6. The third-order valence-corrected chi connectivity index (χ3v) is 2.93. The van der Waals surface area contributed by atoms with Gasteiger partial charge in [-0.2, -0.15) is 0 Å². The van der Waals surface area contributed by atoms with Gasteiger partial charge in [-0.1, -0.05) is 23.9 Å². The molecule has 1 aromatic carbocycles. The van der Waals surface area contributed by atoms with Gasteiger partial charge < -0.3 is 9.47 Å². The second-order valence-corrected chi connectivity index (χ2v) is 4.55. The molecule has 1 atom stereocenters. The van der Waals surface area contributed by atoms with E-state index in [0.717, 1.165) is 4.90 Å². The maximum absolute atomic E-state index is 11.6. The highest BCUT2D eigenvalue weighted by Gasteiger charge is 2.27. The predicted molar refractivity (Wildman–Crippen MR) is 57.7 cm³/mol. The summed E-state index contributed by atoms with van der Waals surface area (Å²) in [5, 5.41) is 0. The lowest BCUT2D eigenvalue weighted by molar-refractivity contribution is -0.0798. The fraction of sp³-hybridized carbons (Fsp3) is 0.364. The normalized spacial score (nSPS) is 19.9. The third-order valence-electron chi connectivity index (χ3n) is 1.92. The molecule has 0 saturated carbocycles. The Morgan fingerprint density at radius 2 is 2.13 bits per heavy atom. The monoisotopic (exact) mass is 224 g/mol. The number of thioether (sulfide) groups is 1. The summed E-state index contributed by atoms with van der Waals surface area (Å²) in [4.78, 5) is 12.5. The van der Waals surface area contributed by atoms with Gasteiger partial charge in [0.1, 0.15) is 0 Å². The molecule has 0 saturated heterocycles. The van der Waals surface area contributed by atoms with Crippen LogP contribution in [0.3, 0.4) is 0 Å². The van der Waals surface area contributed by atoms with E-state index in [2.05, 4.69) is 0 Å². The summed E-state index contributed by atoms with van der Waals surface area (Å²) in [6.07, 6.45) is 0.0422. The summed E-state index contributed by atoms with van der Waals surface area (Å²) >= 11 is 1.42. The zero-order valence-electron chi connectivity index (χ0n) is 8.60. The van der Waals surface area contributed by atoms with Gasteiger partial charge in [0.15, 0.2) is 0 Å². The van der Waals surface area contributed by atoms with Gasteiger partial charge in [-0.05, 0) is 26.0 Å². The number of fused-ring (bicyclic) bond motifs is 1. The number of cyclic esters (lactones) is 1. The van der Waals surface area contributed by atoms with Gasteiger partial charge in [0.05, 0.1) is 11.7 Å². The van der Waals surface area contributed by atoms with E-state index in [1.807, 2.05) is 32.0 Å². The van der Waals surface area contributed by atoms with E-state index in [1.165, 1.54) is 11.8 Å². The molecule has 0 N–H and O–H groups in total. The first kappa shape index (κ1) is 10.5. The zero-order valence-corrected chi connectivity index (χ0v) is 9.41. The van der Waals surface area contributed by atoms with Crippen molar-refractivity contribution in [1.82, 2.24) is 0 Å². The largest absolute Gasteiger partial charge is 0.422 e. The molecule has 1 unspecified atom stereocenters. The summed E-state index contributed by atoms with van der Waals surface area (Å²) in [6, 6.07) is 7.38. The van der Waals surface area contributed by atoms with Crippen LogP contribution in [-0.4, -0.2) is 17.7 Å². The number of ether oxygens (including phenoxy) is 2. The highest BCUT2D eigenvalue weighted by Crippen LogP contribution is 2.34. The Hall–Kier alpha value is -1.00. The molecule has 1 aromatic rings. The summed E-state index contributed by atoms with van der Waals surface area (Å²) in [6.45, 7) is 3.82. The van der Waals surface area contributed by atoms with Crippen LogP contribution in [0, 0.1) is 0 Å². The molecule has 2 rings (SSSR count). The minimum atomic E-state index is -0.521.